The van der Waals surface area contributed by atoms with Crippen molar-refractivity contribution >= 4 is 11.4 Å². The number of benzene rings is 1. The van der Waals surface area contributed by atoms with Gasteiger partial charge < -0.3 is 0 Å². The summed E-state index contributed by atoms with van der Waals surface area (Å²) in [6, 6.07) is 8.29. The lowest BCUT2D eigenvalue weighted by atomic mass is 10.1. The maximum atomic E-state index is 4.37. The third kappa shape index (κ3) is 0.747. The highest BCUT2D eigenvalue weighted by molar-refractivity contribution is 5.91. The summed E-state index contributed by atoms with van der Waals surface area (Å²) in [5, 5.41) is 0. The van der Waals surface area contributed by atoms with E-state index < -0.39 is 0 Å². The van der Waals surface area contributed by atoms with Gasteiger partial charge >= 0.3 is 0 Å². The highest BCUT2D eigenvalue weighted by atomic mass is 14.8. The molecule has 1 heteroatoms. The average molecular weight is 131 g/mol. The SMILES string of the molecule is CC1=Nc2ccccc2C1. The molecule has 1 aliphatic heterocycles. The van der Waals surface area contributed by atoms with Crippen molar-refractivity contribution in [2.75, 3.05) is 0 Å². The van der Waals surface area contributed by atoms with E-state index in [0.717, 1.165) is 12.1 Å². The maximum absolute atomic E-state index is 4.37. The molecule has 0 radical (unpaired) electrons. The van der Waals surface area contributed by atoms with Gasteiger partial charge in [0.25, 0.3) is 0 Å². The van der Waals surface area contributed by atoms with Crippen LogP contribution in [0.25, 0.3) is 0 Å². The fourth-order valence-electron chi connectivity index (χ4n) is 1.29. The predicted octanol–water partition coefficient (Wildman–Crippen LogP) is 2.34. The van der Waals surface area contributed by atoms with Gasteiger partial charge in [-0.15, -0.1) is 0 Å². The zero-order valence-electron chi connectivity index (χ0n) is 5.96. The average Bonchev–Trinajstić information content (AvgIpc) is 2.27. The van der Waals surface area contributed by atoms with Crippen LogP contribution < -0.4 is 0 Å². The van der Waals surface area contributed by atoms with E-state index in [1.165, 1.54) is 11.3 Å². The summed E-state index contributed by atoms with van der Waals surface area (Å²) in [4.78, 5) is 4.37. The Hall–Kier alpha value is -1.11. The van der Waals surface area contributed by atoms with Crippen LogP contribution in [-0.4, -0.2) is 5.71 Å². The molecule has 0 saturated carbocycles. The Kier molecular flexibility index (Phi) is 1.10. The van der Waals surface area contributed by atoms with Crippen LogP contribution in [0.15, 0.2) is 29.3 Å². The Morgan fingerprint density at radius 3 is 2.90 bits per heavy atom. The molecular weight excluding hydrogens is 122 g/mol. The first-order valence-corrected chi connectivity index (χ1v) is 3.48. The molecule has 10 heavy (non-hydrogen) atoms. The third-order valence-electron chi connectivity index (χ3n) is 1.75. The fraction of sp³-hybridized carbons (Fsp3) is 0.222. The smallest absolute Gasteiger partial charge is 0.0664 e. The van der Waals surface area contributed by atoms with Crippen LogP contribution in [0.3, 0.4) is 0 Å². The van der Waals surface area contributed by atoms with Gasteiger partial charge in [-0.3, -0.25) is 4.99 Å². The highest BCUT2D eigenvalue weighted by Gasteiger charge is 2.08. The number of para-hydroxylation sites is 1. The fourth-order valence-corrected chi connectivity index (χ4v) is 1.29. The lowest BCUT2D eigenvalue weighted by Crippen LogP contribution is -1.87. The zero-order valence-corrected chi connectivity index (χ0v) is 5.96. The highest BCUT2D eigenvalue weighted by Crippen LogP contribution is 2.25. The number of fused-ring (bicyclic) bond motifs is 1. The van der Waals surface area contributed by atoms with Crippen molar-refractivity contribution in [2.24, 2.45) is 4.99 Å². The Morgan fingerprint density at radius 1 is 1.30 bits per heavy atom. The summed E-state index contributed by atoms with van der Waals surface area (Å²) < 4.78 is 0. The van der Waals surface area contributed by atoms with E-state index in [1.807, 2.05) is 6.07 Å². The van der Waals surface area contributed by atoms with Crippen molar-refractivity contribution in [1.82, 2.24) is 0 Å². The Labute approximate surface area is 60.4 Å². The molecule has 2 rings (SSSR count). The van der Waals surface area contributed by atoms with Crippen LogP contribution in [-0.2, 0) is 6.42 Å². The first-order valence-electron chi connectivity index (χ1n) is 3.48. The molecule has 50 valence electrons. The Bertz CT molecular complexity index is 287. The summed E-state index contributed by atoms with van der Waals surface area (Å²) >= 11 is 0. The molecule has 0 fully saturated rings. The minimum Gasteiger partial charge on any atom is -0.257 e. The maximum Gasteiger partial charge on any atom is 0.0664 e. The second kappa shape index (κ2) is 1.94. The lowest BCUT2D eigenvalue weighted by Gasteiger charge is -1.91. The first kappa shape index (κ1) is 5.66. The summed E-state index contributed by atoms with van der Waals surface area (Å²) in [6.07, 6.45) is 1.04. The van der Waals surface area contributed by atoms with E-state index in [1.54, 1.807) is 0 Å². The topological polar surface area (TPSA) is 12.4 Å². The lowest BCUT2D eigenvalue weighted by molar-refractivity contribution is 1.39. The molecule has 1 heterocycles. The van der Waals surface area contributed by atoms with E-state index in [2.05, 4.69) is 30.1 Å². The van der Waals surface area contributed by atoms with E-state index in [0.29, 0.717) is 0 Å². The van der Waals surface area contributed by atoms with Gasteiger partial charge in [0.2, 0.25) is 0 Å². The van der Waals surface area contributed by atoms with Crippen molar-refractivity contribution in [3.63, 3.8) is 0 Å². The largest absolute Gasteiger partial charge is 0.257 e. The number of rotatable bonds is 0. The van der Waals surface area contributed by atoms with Gasteiger partial charge in [-0.05, 0) is 18.6 Å². The molecule has 0 amide bonds. The summed E-state index contributed by atoms with van der Waals surface area (Å²) in [5.74, 6) is 0. The van der Waals surface area contributed by atoms with E-state index >= 15 is 0 Å². The molecule has 1 aromatic rings. The van der Waals surface area contributed by atoms with E-state index in [4.69, 9.17) is 0 Å². The van der Waals surface area contributed by atoms with Crippen LogP contribution in [0.1, 0.15) is 12.5 Å². The van der Waals surface area contributed by atoms with Crippen molar-refractivity contribution in [2.45, 2.75) is 13.3 Å². The summed E-state index contributed by atoms with van der Waals surface area (Å²) in [5.41, 5.74) is 3.74. The molecule has 0 aromatic heterocycles. The molecule has 0 aliphatic carbocycles. The molecule has 0 spiro atoms. The zero-order chi connectivity index (χ0) is 6.97. The third-order valence-corrected chi connectivity index (χ3v) is 1.75. The molecule has 0 N–H and O–H groups in total. The second-order valence-electron chi connectivity index (χ2n) is 2.65. The van der Waals surface area contributed by atoms with Crippen molar-refractivity contribution in [3.05, 3.63) is 29.8 Å². The molecule has 0 unspecified atom stereocenters. The molecule has 0 bridgehead atoms. The Balaban J connectivity index is 2.54. The van der Waals surface area contributed by atoms with Crippen molar-refractivity contribution in [1.29, 1.82) is 0 Å². The molecule has 1 aromatic carbocycles. The van der Waals surface area contributed by atoms with Crippen LogP contribution in [0, 0.1) is 0 Å². The molecule has 0 atom stereocenters. The van der Waals surface area contributed by atoms with Crippen LogP contribution in [0.2, 0.25) is 0 Å². The standard InChI is InChI=1S/C9H9N/c1-7-6-8-4-2-3-5-9(8)10-7/h2-5H,6H2,1H3. The van der Waals surface area contributed by atoms with Crippen LogP contribution in [0.4, 0.5) is 5.69 Å². The predicted molar refractivity (Wildman–Crippen MR) is 42.9 cm³/mol. The second-order valence-corrected chi connectivity index (χ2v) is 2.65. The van der Waals surface area contributed by atoms with Gasteiger partial charge in [0.15, 0.2) is 0 Å². The quantitative estimate of drug-likeness (QED) is 0.512. The van der Waals surface area contributed by atoms with Gasteiger partial charge in [-0.1, -0.05) is 18.2 Å². The molecular formula is C9H9N. The molecule has 1 aliphatic rings. The summed E-state index contributed by atoms with van der Waals surface area (Å²) in [6.45, 7) is 2.07. The first-order chi connectivity index (χ1) is 4.86. The van der Waals surface area contributed by atoms with Crippen LogP contribution in [0.5, 0.6) is 0 Å². The number of nitrogens with zero attached hydrogens (tertiary/aromatic N) is 1. The van der Waals surface area contributed by atoms with Gasteiger partial charge in [-0.2, -0.15) is 0 Å². The minimum atomic E-state index is 1.04. The van der Waals surface area contributed by atoms with Crippen molar-refractivity contribution in [3.8, 4) is 0 Å². The molecule has 1 nitrogen and oxygen atoms in total. The van der Waals surface area contributed by atoms with Gasteiger partial charge in [0, 0.05) is 12.1 Å². The van der Waals surface area contributed by atoms with Gasteiger partial charge in [0.05, 0.1) is 5.69 Å². The van der Waals surface area contributed by atoms with E-state index in [9.17, 15) is 0 Å². The van der Waals surface area contributed by atoms with Gasteiger partial charge in [0.1, 0.15) is 0 Å². The number of hydrogen-bond donors (Lipinski definition) is 0. The number of aliphatic imine (C=N–C) groups is 1. The monoisotopic (exact) mass is 131 g/mol. The normalized spacial score (nSPS) is 14.7. The van der Waals surface area contributed by atoms with Gasteiger partial charge in [-0.25, -0.2) is 0 Å². The minimum absolute atomic E-state index is 1.04. The van der Waals surface area contributed by atoms with E-state index in [-0.39, 0.29) is 0 Å². The Morgan fingerprint density at radius 2 is 2.10 bits per heavy atom. The molecule has 0 saturated heterocycles. The van der Waals surface area contributed by atoms with Crippen LogP contribution >= 0.6 is 0 Å². The number of hydrogen-bond acceptors (Lipinski definition) is 1. The summed E-state index contributed by atoms with van der Waals surface area (Å²) in [7, 11) is 0. The van der Waals surface area contributed by atoms with Crippen molar-refractivity contribution < 1.29 is 0 Å².